The maximum atomic E-state index is 13.6. The number of aliphatic hydroxyl groups is 1. The minimum absolute atomic E-state index is 0.00958. The third-order valence-electron chi connectivity index (χ3n) is 5.46. The average molecular weight is 494 g/mol. The Morgan fingerprint density at radius 1 is 1.23 bits per heavy atom. The van der Waals surface area contributed by atoms with Gasteiger partial charge in [-0.05, 0) is 18.6 Å². The second-order valence-corrected chi connectivity index (χ2v) is 7.90. The molecule has 1 N–H and O–H groups in total. The molecule has 188 valence electrons. The van der Waals surface area contributed by atoms with Gasteiger partial charge in [0, 0.05) is 24.6 Å². The number of unbranched alkanes of at least 4 members (excludes halogenated alkanes) is 2. The maximum absolute atomic E-state index is 13.6. The smallest absolute Gasteiger partial charge is 0.394 e. The first kappa shape index (κ1) is 26.4. The third-order valence-corrected chi connectivity index (χ3v) is 5.46. The average Bonchev–Trinajstić information content (AvgIpc) is 3.24. The first-order chi connectivity index (χ1) is 16.7. The third kappa shape index (κ3) is 6.08. The van der Waals surface area contributed by atoms with Crippen LogP contribution in [-0.2, 0) is 15.7 Å². The topological polar surface area (TPSA) is 99.8 Å². The Balaban J connectivity index is 1.96. The highest BCUT2D eigenvalue weighted by Gasteiger charge is 2.41. The van der Waals surface area contributed by atoms with Crippen molar-refractivity contribution in [1.29, 1.82) is 0 Å². The minimum atomic E-state index is -5.13. The summed E-state index contributed by atoms with van der Waals surface area (Å²) in [5.74, 6) is 4.54. The predicted molar refractivity (Wildman–Crippen MR) is 119 cm³/mol. The number of aromatic nitrogens is 2. The highest BCUT2D eigenvalue weighted by Crippen LogP contribution is 2.31. The van der Waals surface area contributed by atoms with Gasteiger partial charge in [0.25, 0.3) is 11.5 Å². The van der Waals surface area contributed by atoms with E-state index in [4.69, 9.17) is 9.47 Å². The summed E-state index contributed by atoms with van der Waals surface area (Å²) >= 11 is 0. The van der Waals surface area contributed by atoms with Gasteiger partial charge in [0.1, 0.15) is 24.5 Å². The Bertz CT molecular complexity index is 1210. The Hall–Kier alpha value is -3.20. The van der Waals surface area contributed by atoms with Gasteiger partial charge in [-0.1, -0.05) is 37.5 Å². The van der Waals surface area contributed by atoms with Crippen molar-refractivity contribution in [2.45, 2.75) is 57.2 Å². The molecule has 1 aromatic carbocycles. The minimum Gasteiger partial charge on any atom is -0.394 e. The van der Waals surface area contributed by atoms with Crippen LogP contribution in [0.2, 0.25) is 0 Å². The standard InChI is InChI=1S/C24H25F3N2O6/c1-2-3-4-5-9-12-34-18-13-20(35-19(18)15-30)28-14-17(24(25,26)27)22(32)29(23(28)33)21(31)16-10-7-6-8-11-16/h6-8,10-11,14,18-20,30H,2-4,12-13,15H2,1H3/t18-,19+,20+/m0/s1. The molecule has 0 bridgehead atoms. The number of nitrogens with zero attached hydrogens (tertiary/aromatic N) is 2. The van der Waals surface area contributed by atoms with Crippen molar-refractivity contribution in [3.8, 4) is 11.8 Å². The first-order valence-electron chi connectivity index (χ1n) is 11.1. The lowest BCUT2D eigenvalue weighted by Crippen LogP contribution is -2.47. The monoisotopic (exact) mass is 494 g/mol. The molecule has 0 unspecified atom stereocenters. The van der Waals surface area contributed by atoms with E-state index in [1.165, 1.54) is 24.3 Å². The van der Waals surface area contributed by atoms with E-state index in [0.717, 1.165) is 12.8 Å². The Morgan fingerprint density at radius 3 is 2.57 bits per heavy atom. The maximum Gasteiger partial charge on any atom is 0.423 e. The molecule has 3 atom stereocenters. The van der Waals surface area contributed by atoms with Crippen molar-refractivity contribution < 1.29 is 32.5 Å². The summed E-state index contributed by atoms with van der Waals surface area (Å²) in [6, 6.07) is 7.02. The van der Waals surface area contributed by atoms with Gasteiger partial charge in [-0.2, -0.15) is 17.7 Å². The number of ether oxygens (including phenoxy) is 2. The van der Waals surface area contributed by atoms with E-state index >= 15 is 0 Å². The van der Waals surface area contributed by atoms with E-state index in [2.05, 4.69) is 11.8 Å². The van der Waals surface area contributed by atoms with Gasteiger partial charge in [0.2, 0.25) is 0 Å². The molecule has 0 amide bonds. The molecule has 0 radical (unpaired) electrons. The fourth-order valence-corrected chi connectivity index (χ4v) is 3.63. The fraction of sp³-hybridized carbons (Fsp3) is 0.458. The normalized spacial score (nSPS) is 19.9. The van der Waals surface area contributed by atoms with Gasteiger partial charge in [0.05, 0.1) is 12.7 Å². The number of hydrogen-bond acceptors (Lipinski definition) is 6. The Kier molecular flexibility index (Phi) is 8.67. The zero-order chi connectivity index (χ0) is 25.6. The van der Waals surface area contributed by atoms with E-state index in [1.807, 2.05) is 6.92 Å². The molecule has 35 heavy (non-hydrogen) atoms. The highest BCUT2D eigenvalue weighted by molar-refractivity contribution is 5.95. The largest absolute Gasteiger partial charge is 0.423 e. The summed E-state index contributed by atoms with van der Waals surface area (Å²) in [6.45, 7) is 1.52. The molecule has 8 nitrogen and oxygen atoms in total. The Labute approximate surface area is 198 Å². The number of rotatable bonds is 7. The van der Waals surface area contributed by atoms with Crippen molar-refractivity contribution in [2.24, 2.45) is 0 Å². The molecular weight excluding hydrogens is 469 g/mol. The van der Waals surface area contributed by atoms with Crippen molar-refractivity contribution in [2.75, 3.05) is 13.2 Å². The van der Waals surface area contributed by atoms with Crippen LogP contribution in [0.4, 0.5) is 13.2 Å². The van der Waals surface area contributed by atoms with Crippen LogP contribution in [0, 0.1) is 11.8 Å². The number of alkyl halides is 3. The fourth-order valence-electron chi connectivity index (χ4n) is 3.63. The summed E-state index contributed by atoms with van der Waals surface area (Å²) in [5, 5.41) is 9.64. The van der Waals surface area contributed by atoms with Gasteiger partial charge in [-0.3, -0.25) is 14.2 Å². The van der Waals surface area contributed by atoms with E-state index < -0.39 is 53.9 Å². The second kappa shape index (κ2) is 11.5. The van der Waals surface area contributed by atoms with Gasteiger partial charge in [-0.15, -0.1) is 5.92 Å². The number of halogens is 3. The van der Waals surface area contributed by atoms with Crippen molar-refractivity contribution in [3.63, 3.8) is 0 Å². The number of carbonyl (C=O) groups is 1. The van der Waals surface area contributed by atoms with Crippen LogP contribution in [0.5, 0.6) is 0 Å². The molecule has 0 aliphatic carbocycles. The van der Waals surface area contributed by atoms with Crippen molar-refractivity contribution in [1.82, 2.24) is 9.13 Å². The predicted octanol–water partition coefficient (Wildman–Crippen LogP) is 2.58. The zero-order valence-corrected chi connectivity index (χ0v) is 19.0. The lowest BCUT2D eigenvalue weighted by Gasteiger charge is -2.18. The molecule has 0 spiro atoms. The molecule has 1 aromatic heterocycles. The molecule has 1 fully saturated rings. The first-order valence-corrected chi connectivity index (χ1v) is 11.1. The van der Waals surface area contributed by atoms with Gasteiger partial charge < -0.3 is 14.6 Å². The highest BCUT2D eigenvalue weighted by atomic mass is 19.4. The molecular formula is C24H25F3N2O6. The number of hydrogen-bond donors (Lipinski definition) is 1. The van der Waals surface area contributed by atoms with Crippen LogP contribution in [0.3, 0.4) is 0 Å². The quantitative estimate of drug-likeness (QED) is 0.469. The number of aliphatic hydroxyl groups excluding tert-OH is 1. The summed E-state index contributed by atoms with van der Waals surface area (Å²) in [4.78, 5) is 38.4. The van der Waals surface area contributed by atoms with Crippen LogP contribution in [-0.4, -0.2) is 45.6 Å². The van der Waals surface area contributed by atoms with Gasteiger partial charge in [-0.25, -0.2) is 4.79 Å². The summed E-state index contributed by atoms with van der Waals surface area (Å²) < 4.78 is 52.6. The molecule has 1 saturated heterocycles. The van der Waals surface area contributed by atoms with E-state index in [0.29, 0.717) is 17.2 Å². The summed E-state index contributed by atoms with van der Waals surface area (Å²) in [5.41, 5.74) is -4.91. The van der Waals surface area contributed by atoms with Crippen LogP contribution >= 0.6 is 0 Å². The van der Waals surface area contributed by atoms with Crippen LogP contribution < -0.4 is 11.2 Å². The van der Waals surface area contributed by atoms with E-state index in [1.54, 1.807) is 6.07 Å². The summed E-state index contributed by atoms with van der Waals surface area (Å²) in [6.07, 6.45) is -5.30. The van der Waals surface area contributed by atoms with Gasteiger partial charge in [0.15, 0.2) is 0 Å². The molecule has 2 aromatic rings. The SMILES string of the molecule is CCCCC#CCO[C@H]1C[C@H](n2cc(C(F)(F)F)c(=O)n(C(=O)c3ccccc3)c2=O)O[C@@H]1CO. The number of carbonyl (C=O) groups excluding carboxylic acids is 1. The van der Waals surface area contributed by atoms with Gasteiger partial charge >= 0.3 is 11.9 Å². The lowest BCUT2D eigenvalue weighted by atomic mass is 10.2. The van der Waals surface area contributed by atoms with E-state index in [9.17, 15) is 32.7 Å². The molecule has 11 heteroatoms. The molecule has 2 heterocycles. The number of benzene rings is 1. The van der Waals surface area contributed by atoms with Crippen LogP contribution in [0.25, 0.3) is 0 Å². The van der Waals surface area contributed by atoms with Crippen LogP contribution in [0.15, 0.2) is 46.1 Å². The molecule has 1 aliphatic heterocycles. The van der Waals surface area contributed by atoms with E-state index in [-0.39, 0.29) is 23.2 Å². The molecule has 3 rings (SSSR count). The van der Waals surface area contributed by atoms with Crippen molar-refractivity contribution in [3.05, 3.63) is 68.5 Å². The Morgan fingerprint density at radius 2 is 1.94 bits per heavy atom. The zero-order valence-electron chi connectivity index (χ0n) is 19.0. The lowest BCUT2D eigenvalue weighted by molar-refractivity contribution is -0.139. The van der Waals surface area contributed by atoms with Crippen molar-refractivity contribution >= 4 is 5.91 Å². The second-order valence-electron chi connectivity index (χ2n) is 7.90. The molecule has 1 aliphatic rings. The summed E-state index contributed by atoms with van der Waals surface area (Å²) in [7, 11) is 0. The van der Waals surface area contributed by atoms with Crippen LogP contribution in [0.1, 0.15) is 54.8 Å². The molecule has 0 saturated carbocycles.